The lowest BCUT2D eigenvalue weighted by molar-refractivity contribution is 0.515. The van der Waals surface area contributed by atoms with Crippen molar-refractivity contribution in [2.45, 2.75) is 0 Å². The van der Waals surface area contributed by atoms with Gasteiger partial charge in [0.15, 0.2) is 0 Å². The molecular formula is C11H5Cl2F2N. The zero-order valence-corrected chi connectivity index (χ0v) is 9.36. The highest BCUT2D eigenvalue weighted by Gasteiger charge is 2.09. The van der Waals surface area contributed by atoms with E-state index in [2.05, 4.69) is 4.98 Å². The van der Waals surface area contributed by atoms with Crippen LogP contribution in [0.25, 0.3) is 11.1 Å². The Morgan fingerprint density at radius 1 is 0.938 bits per heavy atom. The van der Waals surface area contributed by atoms with Crippen molar-refractivity contribution < 1.29 is 8.78 Å². The summed E-state index contributed by atoms with van der Waals surface area (Å²) in [7, 11) is 0. The van der Waals surface area contributed by atoms with Gasteiger partial charge in [-0.3, -0.25) is 0 Å². The van der Waals surface area contributed by atoms with Crippen molar-refractivity contribution >= 4 is 23.2 Å². The molecule has 1 nitrogen and oxygen atoms in total. The molecule has 2 aromatic rings. The Bertz CT molecular complexity index is 544. The molecule has 0 saturated carbocycles. The summed E-state index contributed by atoms with van der Waals surface area (Å²) < 4.78 is 25.9. The third-order valence-corrected chi connectivity index (χ3v) is 2.78. The average Bonchev–Trinajstić information content (AvgIpc) is 2.22. The van der Waals surface area contributed by atoms with E-state index in [1.807, 2.05) is 0 Å². The van der Waals surface area contributed by atoms with Crippen LogP contribution in [0.1, 0.15) is 0 Å². The van der Waals surface area contributed by atoms with Crippen molar-refractivity contribution in [3.8, 4) is 11.1 Å². The monoisotopic (exact) mass is 259 g/mol. The van der Waals surface area contributed by atoms with Gasteiger partial charge in [0.25, 0.3) is 0 Å². The maximum absolute atomic E-state index is 13.3. The van der Waals surface area contributed by atoms with E-state index in [1.165, 1.54) is 12.1 Å². The van der Waals surface area contributed by atoms with Crippen LogP contribution in [0.2, 0.25) is 10.0 Å². The van der Waals surface area contributed by atoms with Crippen LogP contribution in [-0.2, 0) is 0 Å². The van der Waals surface area contributed by atoms with Crippen LogP contribution in [0, 0.1) is 11.9 Å². The Morgan fingerprint density at radius 2 is 1.69 bits per heavy atom. The van der Waals surface area contributed by atoms with Crippen LogP contribution in [0.15, 0.2) is 30.3 Å². The molecular weight excluding hydrogens is 255 g/mol. The second-order valence-corrected chi connectivity index (χ2v) is 3.92. The number of halogens is 4. The summed E-state index contributed by atoms with van der Waals surface area (Å²) in [5, 5.41) is 0.684. The number of rotatable bonds is 1. The van der Waals surface area contributed by atoms with Gasteiger partial charge in [-0.05, 0) is 29.8 Å². The highest BCUT2D eigenvalue weighted by Crippen LogP contribution is 2.29. The first-order chi connectivity index (χ1) is 7.58. The zero-order valence-electron chi connectivity index (χ0n) is 7.85. The molecule has 0 spiro atoms. The minimum absolute atomic E-state index is 0.181. The van der Waals surface area contributed by atoms with Gasteiger partial charge < -0.3 is 0 Å². The van der Waals surface area contributed by atoms with Crippen molar-refractivity contribution in [2.75, 3.05) is 0 Å². The second-order valence-electron chi connectivity index (χ2n) is 3.10. The predicted molar refractivity (Wildman–Crippen MR) is 59.6 cm³/mol. The van der Waals surface area contributed by atoms with Crippen molar-refractivity contribution in [1.82, 2.24) is 4.98 Å². The maximum atomic E-state index is 13.3. The fraction of sp³-hybridized carbons (Fsp3) is 0. The largest absolute Gasteiger partial charge is 0.223 e. The van der Waals surface area contributed by atoms with Crippen molar-refractivity contribution in [1.29, 1.82) is 0 Å². The molecule has 0 fully saturated rings. The maximum Gasteiger partial charge on any atom is 0.223 e. The first-order valence-electron chi connectivity index (χ1n) is 4.35. The molecule has 1 aromatic carbocycles. The minimum atomic E-state index is -0.876. The smallest absolute Gasteiger partial charge is 0.190 e. The minimum Gasteiger partial charge on any atom is -0.190 e. The Labute approximate surface area is 101 Å². The van der Waals surface area contributed by atoms with Crippen LogP contribution >= 0.6 is 23.2 Å². The van der Waals surface area contributed by atoms with Crippen molar-refractivity contribution in [2.24, 2.45) is 0 Å². The highest BCUT2D eigenvalue weighted by molar-refractivity contribution is 6.42. The molecule has 16 heavy (non-hydrogen) atoms. The lowest BCUT2D eigenvalue weighted by atomic mass is 10.1. The van der Waals surface area contributed by atoms with Crippen LogP contribution in [0.5, 0.6) is 0 Å². The number of nitrogens with zero attached hydrogens (tertiary/aromatic N) is 1. The summed E-state index contributed by atoms with van der Waals surface area (Å²) in [4.78, 5) is 3.09. The molecule has 82 valence electrons. The fourth-order valence-electron chi connectivity index (χ4n) is 1.29. The topological polar surface area (TPSA) is 12.9 Å². The lowest BCUT2D eigenvalue weighted by Crippen LogP contribution is -1.92. The molecule has 0 bridgehead atoms. The SMILES string of the molecule is Fc1ccc(-c2ccc(Cl)c(Cl)c2)c(F)n1. The van der Waals surface area contributed by atoms with E-state index in [0.29, 0.717) is 15.6 Å². The van der Waals surface area contributed by atoms with Gasteiger partial charge >= 0.3 is 0 Å². The first kappa shape index (κ1) is 11.3. The number of hydrogen-bond acceptors (Lipinski definition) is 1. The molecule has 0 N–H and O–H groups in total. The molecule has 0 amide bonds. The third kappa shape index (κ3) is 2.15. The van der Waals surface area contributed by atoms with Gasteiger partial charge in [-0.2, -0.15) is 13.8 Å². The number of hydrogen-bond donors (Lipinski definition) is 0. The Hall–Kier alpha value is -1.19. The van der Waals surface area contributed by atoms with Crippen LogP contribution in [-0.4, -0.2) is 4.98 Å². The van der Waals surface area contributed by atoms with E-state index in [1.54, 1.807) is 12.1 Å². The molecule has 0 aliphatic heterocycles. The molecule has 0 aliphatic rings. The summed E-state index contributed by atoms with van der Waals surface area (Å²) in [6.45, 7) is 0. The summed E-state index contributed by atoms with van der Waals surface area (Å²) in [6.07, 6.45) is 0. The quantitative estimate of drug-likeness (QED) is 0.695. The van der Waals surface area contributed by atoms with E-state index in [0.717, 1.165) is 6.07 Å². The number of pyridine rings is 1. The van der Waals surface area contributed by atoms with Gasteiger partial charge in [0, 0.05) is 5.56 Å². The van der Waals surface area contributed by atoms with E-state index < -0.39 is 11.9 Å². The molecule has 0 aliphatic carbocycles. The van der Waals surface area contributed by atoms with Gasteiger partial charge in [-0.1, -0.05) is 29.3 Å². The number of aromatic nitrogens is 1. The zero-order chi connectivity index (χ0) is 11.7. The van der Waals surface area contributed by atoms with Gasteiger partial charge in [0.05, 0.1) is 10.0 Å². The molecule has 0 atom stereocenters. The van der Waals surface area contributed by atoms with Crippen molar-refractivity contribution in [3.63, 3.8) is 0 Å². The first-order valence-corrected chi connectivity index (χ1v) is 5.11. The average molecular weight is 260 g/mol. The summed E-state index contributed by atoms with van der Waals surface area (Å²) in [5.41, 5.74) is 0.680. The molecule has 5 heteroatoms. The van der Waals surface area contributed by atoms with E-state index in [4.69, 9.17) is 23.2 Å². The van der Waals surface area contributed by atoms with E-state index in [9.17, 15) is 8.78 Å². The van der Waals surface area contributed by atoms with Gasteiger partial charge in [0.2, 0.25) is 11.9 Å². The second kappa shape index (κ2) is 4.36. The fourth-order valence-corrected chi connectivity index (χ4v) is 1.59. The van der Waals surface area contributed by atoms with Gasteiger partial charge in [-0.25, -0.2) is 0 Å². The summed E-state index contributed by atoms with van der Waals surface area (Å²) in [5.74, 6) is -1.74. The lowest BCUT2D eigenvalue weighted by Gasteiger charge is -2.04. The van der Waals surface area contributed by atoms with Crippen LogP contribution in [0.4, 0.5) is 8.78 Å². The molecule has 0 radical (unpaired) electrons. The van der Waals surface area contributed by atoms with E-state index in [-0.39, 0.29) is 5.56 Å². The van der Waals surface area contributed by atoms with E-state index >= 15 is 0 Å². The normalized spacial score (nSPS) is 10.5. The standard InChI is InChI=1S/C11H5Cl2F2N/c12-8-3-1-6(5-9(8)13)7-2-4-10(14)16-11(7)15/h1-5H. The van der Waals surface area contributed by atoms with Gasteiger partial charge in [0.1, 0.15) is 0 Å². The molecule has 2 rings (SSSR count). The van der Waals surface area contributed by atoms with Gasteiger partial charge in [-0.15, -0.1) is 0 Å². The predicted octanol–water partition coefficient (Wildman–Crippen LogP) is 4.33. The third-order valence-electron chi connectivity index (χ3n) is 2.05. The Morgan fingerprint density at radius 3 is 2.31 bits per heavy atom. The molecule has 0 saturated heterocycles. The molecule has 1 aromatic heterocycles. The van der Waals surface area contributed by atoms with Crippen LogP contribution in [0.3, 0.4) is 0 Å². The number of benzene rings is 1. The van der Waals surface area contributed by atoms with Crippen molar-refractivity contribution in [3.05, 3.63) is 52.3 Å². The van der Waals surface area contributed by atoms with Crippen LogP contribution < -0.4 is 0 Å². The molecule has 0 unspecified atom stereocenters. The highest BCUT2D eigenvalue weighted by atomic mass is 35.5. The Balaban J connectivity index is 2.54. The summed E-state index contributed by atoms with van der Waals surface area (Å²) in [6, 6.07) is 7.02. The molecule has 1 heterocycles. The summed E-state index contributed by atoms with van der Waals surface area (Å²) >= 11 is 11.5. The Kier molecular flexibility index (Phi) is 3.08.